The topological polar surface area (TPSA) is 12.9 Å². The lowest BCUT2D eigenvalue weighted by atomic mass is 9.99. The SMILES string of the molecule is Cc1cc2ccc3c(Cl)nccc3c2cc1C. The van der Waals surface area contributed by atoms with Crippen LogP contribution in [0.15, 0.2) is 36.5 Å². The second-order valence-corrected chi connectivity index (χ2v) is 4.78. The summed E-state index contributed by atoms with van der Waals surface area (Å²) in [5.74, 6) is 0. The highest BCUT2D eigenvalue weighted by molar-refractivity contribution is 6.35. The van der Waals surface area contributed by atoms with E-state index >= 15 is 0 Å². The molecule has 0 radical (unpaired) electrons. The lowest BCUT2D eigenvalue weighted by Gasteiger charge is -2.08. The van der Waals surface area contributed by atoms with E-state index in [0.29, 0.717) is 5.15 Å². The molecular formula is C15H12ClN. The van der Waals surface area contributed by atoms with Gasteiger partial charge in [0, 0.05) is 11.6 Å². The van der Waals surface area contributed by atoms with Crippen LogP contribution in [-0.4, -0.2) is 4.98 Å². The average Bonchev–Trinajstić information content (AvgIpc) is 2.31. The maximum absolute atomic E-state index is 6.12. The summed E-state index contributed by atoms with van der Waals surface area (Å²) in [5, 5.41) is 5.26. The molecule has 0 aliphatic heterocycles. The van der Waals surface area contributed by atoms with Gasteiger partial charge >= 0.3 is 0 Å². The van der Waals surface area contributed by atoms with Crippen LogP contribution in [0.3, 0.4) is 0 Å². The normalized spacial score (nSPS) is 11.2. The van der Waals surface area contributed by atoms with Crippen LogP contribution in [0, 0.1) is 13.8 Å². The molecule has 0 saturated heterocycles. The van der Waals surface area contributed by atoms with Crippen molar-refractivity contribution in [3.05, 3.63) is 52.8 Å². The van der Waals surface area contributed by atoms with Crippen LogP contribution >= 0.6 is 11.6 Å². The maximum Gasteiger partial charge on any atom is 0.136 e. The zero-order valence-corrected chi connectivity index (χ0v) is 10.5. The van der Waals surface area contributed by atoms with Crippen LogP contribution in [-0.2, 0) is 0 Å². The Morgan fingerprint density at radius 2 is 1.65 bits per heavy atom. The first-order chi connectivity index (χ1) is 8.16. The van der Waals surface area contributed by atoms with Crippen molar-refractivity contribution >= 4 is 33.1 Å². The number of benzene rings is 2. The highest BCUT2D eigenvalue weighted by Crippen LogP contribution is 2.30. The Kier molecular flexibility index (Phi) is 2.30. The summed E-state index contributed by atoms with van der Waals surface area (Å²) in [4.78, 5) is 4.12. The number of nitrogens with zero attached hydrogens (tertiary/aromatic N) is 1. The third-order valence-corrected chi connectivity index (χ3v) is 3.63. The third-order valence-electron chi connectivity index (χ3n) is 3.33. The smallest absolute Gasteiger partial charge is 0.136 e. The third kappa shape index (κ3) is 1.58. The first-order valence-electron chi connectivity index (χ1n) is 5.61. The van der Waals surface area contributed by atoms with Crippen molar-refractivity contribution in [1.82, 2.24) is 4.98 Å². The largest absolute Gasteiger partial charge is 0.244 e. The van der Waals surface area contributed by atoms with E-state index < -0.39 is 0 Å². The number of hydrogen-bond donors (Lipinski definition) is 0. The highest BCUT2D eigenvalue weighted by Gasteiger charge is 2.05. The van der Waals surface area contributed by atoms with E-state index in [1.54, 1.807) is 6.20 Å². The molecule has 1 aromatic heterocycles. The molecule has 2 aromatic carbocycles. The summed E-state index contributed by atoms with van der Waals surface area (Å²) in [6.45, 7) is 4.27. The van der Waals surface area contributed by atoms with Crippen LogP contribution in [0.5, 0.6) is 0 Å². The van der Waals surface area contributed by atoms with Crippen LogP contribution in [0.2, 0.25) is 5.15 Å². The summed E-state index contributed by atoms with van der Waals surface area (Å²) in [5.41, 5.74) is 2.62. The predicted molar refractivity (Wildman–Crippen MR) is 73.7 cm³/mol. The Morgan fingerprint density at radius 3 is 2.47 bits per heavy atom. The van der Waals surface area contributed by atoms with Gasteiger partial charge in [-0.1, -0.05) is 35.9 Å². The van der Waals surface area contributed by atoms with Crippen molar-refractivity contribution in [2.24, 2.45) is 0 Å². The standard InChI is InChI=1S/C15H12ClN/c1-9-7-11-3-4-13-12(5-6-17-15(13)16)14(11)8-10(9)2/h3-8H,1-2H3. The molecule has 1 nitrogen and oxygen atoms in total. The van der Waals surface area contributed by atoms with E-state index in [-0.39, 0.29) is 0 Å². The number of rotatable bonds is 0. The number of fused-ring (bicyclic) bond motifs is 3. The van der Waals surface area contributed by atoms with Crippen LogP contribution < -0.4 is 0 Å². The fourth-order valence-electron chi connectivity index (χ4n) is 2.22. The molecule has 0 bridgehead atoms. The molecule has 0 N–H and O–H groups in total. The van der Waals surface area contributed by atoms with E-state index in [0.717, 1.165) is 5.39 Å². The van der Waals surface area contributed by atoms with Gasteiger partial charge in [0.15, 0.2) is 0 Å². The number of pyridine rings is 1. The molecule has 0 spiro atoms. The Labute approximate surface area is 105 Å². The van der Waals surface area contributed by atoms with Crippen molar-refractivity contribution in [2.45, 2.75) is 13.8 Å². The minimum absolute atomic E-state index is 0.572. The molecule has 0 amide bonds. The maximum atomic E-state index is 6.12. The molecule has 1 heterocycles. The van der Waals surface area contributed by atoms with E-state index in [9.17, 15) is 0 Å². The summed E-state index contributed by atoms with van der Waals surface area (Å²) >= 11 is 6.12. The van der Waals surface area contributed by atoms with Gasteiger partial charge in [-0.15, -0.1) is 0 Å². The van der Waals surface area contributed by atoms with Gasteiger partial charge in [-0.2, -0.15) is 0 Å². The van der Waals surface area contributed by atoms with Gasteiger partial charge in [0.1, 0.15) is 5.15 Å². The molecule has 0 unspecified atom stereocenters. The van der Waals surface area contributed by atoms with Crippen LogP contribution in [0.1, 0.15) is 11.1 Å². The highest BCUT2D eigenvalue weighted by atomic mass is 35.5. The first-order valence-corrected chi connectivity index (χ1v) is 5.99. The van der Waals surface area contributed by atoms with E-state index in [4.69, 9.17) is 11.6 Å². The number of hydrogen-bond acceptors (Lipinski definition) is 1. The monoisotopic (exact) mass is 241 g/mol. The summed E-state index contributed by atoms with van der Waals surface area (Å²) in [7, 11) is 0. The van der Waals surface area contributed by atoms with Gasteiger partial charge in [-0.3, -0.25) is 0 Å². The van der Waals surface area contributed by atoms with Crippen LogP contribution in [0.25, 0.3) is 21.5 Å². The van der Waals surface area contributed by atoms with Crippen molar-refractivity contribution < 1.29 is 0 Å². The lowest BCUT2D eigenvalue weighted by Crippen LogP contribution is -1.85. The molecule has 84 valence electrons. The second-order valence-electron chi connectivity index (χ2n) is 4.42. The molecule has 0 fully saturated rings. The fraction of sp³-hybridized carbons (Fsp3) is 0.133. The predicted octanol–water partition coefficient (Wildman–Crippen LogP) is 4.66. The van der Waals surface area contributed by atoms with Gasteiger partial charge in [-0.05, 0) is 47.2 Å². The van der Waals surface area contributed by atoms with Crippen molar-refractivity contribution in [3.8, 4) is 0 Å². The van der Waals surface area contributed by atoms with E-state index in [1.165, 1.54) is 27.3 Å². The average molecular weight is 242 g/mol. The molecule has 2 heteroatoms. The molecular weight excluding hydrogens is 230 g/mol. The van der Waals surface area contributed by atoms with Crippen molar-refractivity contribution in [1.29, 1.82) is 0 Å². The quantitative estimate of drug-likeness (QED) is 0.412. The van der Waals surface area contributed by atoms with Gasteiger partial charge in [-0.25, -0.2) is 4.98 Å². The Hall–Kier alpha value is -1.60. The molecule has 17 heavy (non-hydrogen) atoms. The summed E-state index contributed by atoms with van der Waals surface area (Å²) in [6.07, 6.45) is 1.76. The zero-order chi connectivity index (χ0) is 12.0. The Morgan fingerprint density at radius 1 is 0.882 bits per heavy atom. The Balaban J connectivity index is 2.55. The minimum atomic E-state index is 0.572. The molecule has 3 rings (SSSR count). The van der Waals surface area contributed by atoms with Gasteiger partial charge < -0.3 is 0 Å². The van der Waals surface area contributed by atoms with Gasteiger partial charge in [0.05, 0.1) is 0 Å². The lowest BCUT2D eigenvalue weighted by molar-refractivity contribution is 1.36. The van der Waals surface area contributed by atoms with E-state index in [1.807, 2.05) is 12.1 Å². The minimum Gasteiger partial charge on any atom is -0.244 e. The molecule has 0 aliphatic carbocycles. The molecule has 0 saturated carbocycles. The number of aryl methyl sites for hydroxylation is 2. The fourth-order valence-corrected chi connectivity index (χ4v) is 2.45. The van der Waals surface area contributed by atoms with Crippen molar-refractivity contribution in [3.63, 3.8) is 0 Å². The second kappa shape index (κ2) is 3.71. The van der Waals surface area contributed by atoms with Gasteiger partial charge in [0.25, 0.3) is 0 Å². The van der Waals surface area contributed by atoms with Crippen molar-refractivity contribution in [2.75, 3.05) is 0 Å². The first kappa shape index (κ1) is 10.5. The number of aromatic nitrogens is 1. The van der Waals surface area contributed by atoms with Gasteiger partial charge in [0.2, 0.25) is 0 Å². The van der Waals surface area contributed by atoms with Crippen LogP contribution in [0.4, 0.5) is 0 Å². The molecule has 0 atom stereocenters. The van der Waals surface area contributed by atoms with E-state index in [2.05, 4.69) is 37.0 Å². The zero-order valence-electron chi connectivity index (χ0n) is 9.79. The summed E-state index contributed by atoms with van der Waals surface area (Å²) in [6, 6.07) is 10.6. The molecule has 3 aromatic rings. The Bertz CT molecular complexity index is 732. The molecule has 0 aliphatic rings. The summed E-state index contributed by atoms with van der Waals surface area (Å²) < 4.78 is 0. The number of halogens is 1.